The fraction of sp³-hybridized carbons (Fsp3) is 0.364. The van der Waals surface area contributed by atoms with Gasteiger partial charge < -0.3 is 19.7 Å². The number of methoxy groups -OCH3 is 2. The first kappa shape index (κ1) is 19.7. The van der Waals surface area contributed by atoms with Gasteiger partial charge in [-0.3, -0.25) is 9.59 Å². The topological polar surface area (TPSA) is 67.9 Å². The van der Waals surface area contributed by atoms with Crippen molar-refractivity contribution in [3.8, 4) is 11.5 Å². The summed E-state index contributed by atoms with van der Waals surface area (Å²) in [5, 5.41) is 2.98. The van der Waals surface area contributed by atoms with E-state index in [0.717, 1.165) is 22.4 Å². The van der Waals surface area contributed by atoms with Gasteiger partial charge in [-0.25, -0.2) is 0 Å². The normalized spacial score (nSPS) is 16.2. The van der Waals surface area contributed by atoms with Crippen molar-refractivity contribution in [3.63, 3.8) is 0 Å². The van der Waals surface area contributed by atoms with Gasteiger partial charge in [-0.05, 0) is 48.7 Å². The Bertz CT molecular complexity index is 894. The molecule has 0 radical (unpaired) electrons. The molecule has 2 aromatic rings. The molecule has 1 saturated heterocycles. The fourth-order valence-corrected chi connectivity index (χ4v) is 3.41. The van der Waals surface area contributed by atoms with Gasteiger partial charge in [-0.2, -0.15) is 0 Å². The van der Waals surface area contributed by atoms with E-state index in [1.807, 2.05) is 50.2 Å². The highest BCUT2D eigenvalue weighted by Gasteiger charge is 2.34. The maximum Gasteiger partial charge on any atom is 0.229 e. The van der Waals surface area contributed by atoms with E-state index in [9.17, 15) is 9.59 Å². The lowest BCUT2D eigenvalue weighted by Gasteiger charge is -2.18. The molecule has 0 spiro atoms. The number of anilines is 1. The van der Waals surface area contributed by atoms with Gasteiger partial charge in [-0.15, -0.1) is 0 Å². The second-order valence-corrected chi connectivity index (χ2v) is 7.17. The van der Waals surface area contributed by atoms with Crippen LogP contribution in [0.15, 0.2) is 36.4 Å². The number of carbonyl (C=O) groups excluding carboxylic acids is 2. The highest BCUT2D eigenvalue weighted by molar-refractivity contribution is 5.97. The van der Waals surface area contributed by atoms with Crippen molar-refractivity contribution in [1.82, 2.24) is 4.90 Å². The molecule has 2 aromatic carbocycles. The summed E-state index contributed by atoms with van der Waals surface area (Å²) in [7, 11) is 3.16. The maximum absolute atomic E-state index is 12.7. The molecule has 0 aromatic heterocycles. The Kier molecular flexibility index (Phi) is 5.87. The third-order valence-corrected chi connectivity index (χ3v) is 5.06. The minimum absolute atomic E-state index is 0.0177. The van der Waals surface area contributed by atoms with E-state index < -0.39 is 0 Å². The molecule has 148 valence electrons. The van der Waals surface area contributed by atoms with Gasteiger partial charge in [0.05, 0.1) is 20.1 Å². The van der Waals surface area contributed by atoms with Crippen molar-refractivity contribution in [3.05, 3.63) is 53.1 Å². The van der Waals surface area contributed by atoms with Gasteiger partial charge in [-0.1, -0.05) is 18.2 Å². The number of hydrogen-bond donors (Lipinski definition) is 1. The highest BCUT2D eigenvalue weighted by atomic mass is 16.5. The van der Waals surface area contributed by atoms with Crippen molar-refractivity contribution in [2.75, 3.05) is 26.1 Å². The van der Waals surface area contributed by atoms with E-state index in [0.29, 0.717) is 24.6 Å². The lowest BCUT2D eigenvalue weighted by Crippen LogP contribution is -2.28. The third-order valence-electron chi connectivity index (χ3n) is 5.06. The van der Waals surface area contributed by atoms with Crippen molar-refractivity contribution >= 4 is 17.5 Å². The van der Waals surface area contributed by atoms with E-state index >= 15 is 0 Å². The monoisotopic (exact) mass is 382 g/mol. The molecule has 6 heteroatoms. The van der Waals surface area contributed by atoms with Gasteiger partial charge in [0.1, 0.15) is 0 Å². The van der Waals surface area contributed by atoms with Gasteiger partial charge >= 0.3 is 0 Å². The molecule has 2 amide bonds. The Morgan fingerprint density at radius 3 is 2.57 bits per heavy atom. The van der Waals surface area contributed by atoms with Gasteiger partial charge in [0.25, 0.3) is 0 Å². The van der Waals surface area contributed by atoms with Crippen LogP contribution < -0.4 is 14.8 Å². The van der Waals surface area contributed by atoms with E-state index in [1.54, 1.807) is 19.1 Å². The van der Waals surface area contributed by atoms with Crippen molar-refractivity contribution < 1.29 is 19.1 Å². The van der Waals surface area contributed by atoms with Crippen LogP contribution in [-0.2, 0) is 16.1 Å². The molecular weight excluding hydrogens is 356 g/mol. The second kappa shape index (κ2) is 8.33. The summed E-state index contributed by atoms with van der Waals surface area (Å²) in [4.78, 5) is 26.8. The summed E-state index contributed by atoms with van der Waals surface area (Å²) >= 11 is 0. The summed E-state index contributed by atoms with van der Waals surface area (Å²) in [5.41, 5.74) is 3.82. The van der Waals surface area contributed by atoms with Crippen LogP contribution in [0.25, 0.3) is 0 Å². The number of benzene rings is 2. The van der Waals surface area contributed by atoms with E-state index in [-0.39, 0.29) is 24.2 Å². The van der Waals surface area contributed by atoms with Crippen LogP contribution in [0.3, 0.4) is 0 Å². The van der Waals surface area contributed by atoms with Crippen LogP contribution in [0, 0.1) is 19.8 Å². The SMILES string of the molecule is COc1ccc(CN2CC(C(=O)Nc3cc(C)ccc3C)CC2=O)cc1OC. The van der Waals surface area contributed by atoms with E-state index in [2.05, 4.69) is 5.32 Å². The van der Waals surface area contributed by atoms with E-state index in [1.165, 1.54) is 0 Å². The van der Waals surface area contributed by atoms with Crippen molar-refractivity contribution in [1.29, 1.82) is 0 Å². The number of nitrogens with one attached hydrogen (secondary N) is 1. The Hall–Kier alpha value is -3.02. The number of carbonyl (C=O) groups is 2. The quantitative estimate of drug-likeness (QED) is 0.832. The summed E-state index contributed by atoms with van der Waals surface area (Å²) < 4.78 is 10.6. The number of amides is 2. The molecule has 1 aliphatic rings. The number of hydrogen-bond acceptors (Lipinski definition) is 4. The van der Waals surface area contributed by atoms with E-state index in [4.69, 9.17) is 9.47 Å². The number of aryl methyl sites for hydroxylation is 2. The third kappa shape index (κ3) is 4.27. The van der Waals surface area contributed by atoms with Crippen molar-refractivity contribution in [2.45, 2.75) is 26.8 Å². The lowest BCUT2D eigenvalue weighted by molar-refractivity contribution is -0.128. The second-order valence-electron chi connectivity index (χ2n) is 7.17. The van der Waals surface area contributed by atoms with Crippen LogP contribution in [-0.4, -0.2) is 37.5 Å². The van der Waals surface area contributed by atoms with Gasteiger partial charge in [0.15, 0.2) is 11.5 Å². The first-order valence-corrected chi connectivity index (χ1v) is 9.28. The van der Waals surface area contributed by atoms with Gasteiger partial charge in [0, 0.05) is 25.2 Å². The molecule has 1 unspecified atom stereocenters. The molecule has 1 fully saturated rings. The fourth-order valence-electron chi connectivity index (χ4n) is 3.41. The Balaban J connectivity index is 1.66. The average Bonchev–Trinajstić information content (AvgIpc) is 3.05. The first-order valence-electron chi connectivity index (χ1n) is 9.28. The molecular formula is C22H26N2O4. The number of rotatable bonds is 6. The van der Waals surface area contributed by atoms with Crippen LogP contribution >= 0.6 is 0 Å². The number of nitrogens with zero attached hydrogens (tertiary/aromatic N) is 1. The highest BCUT2D eigenvalue weighted by Crippen LogP contribution is 2.29. The largest absolute Gasteiger partial charge is 0.493 e. The molecule has 1 heterocycles. The summed E-state index contributed by atoms with van der Waals surface area (Å²) in [6.45, 7) is 4.79. The molecule has 6 nitrogen and oxygen atoms in total. The van der Waals surface area contributed by atoms with Crippen LogP contribution in [0.1, 0.15) is 23.1 Å². The summed E-state index contributed by atoms with van der Waals surface area (Å²) in [5.74, 6) is 0.779. The lowest BCUT2D eigenvalue weighted by atomic mass is 10.1. The Morgan fingerprint density at radius 2 is 1.86 bits per heavy atom. The van der Waals surface area contributed by atoms with Crippen LogP contribution in [0.5, 0.6) is 11.5 Å². The number of likely N-dealkylation sites (tertiary alicyclic amines) is 1. The zero-order valence-electron chi connectivity index (χ0n) is 16.7. The van der Waals surface area contributed by atoms with Crippen LogP contribution in [0.2, 0.25) is 0 Å². The smallest absolute Gasteiger partial charge is 0.229 e. The first-order chi connectivity index (χ1) is 13.4. The minimum Gasteiger partial charge on any atom is -0.493 e. The molecule has 1 aliphatic heterocycles. The minimum atomic E-state index is -0.354. The molecule has 0 aliphatic carbocycles. The summed E-state index contributed by atoms with van der Waals surface area (Å²) in [6, 6.07) is 11.5. The predicted octanol–water partition coefficient (Wildman–Crippen LogP) is 3.31. The molecule has 0 saturated carbocycles. The predicted molar refractivity (Wildman–Crippen MR) is 108 cm³/mol. The zero-order valence-corrected chi connectivity index (χ0v) is 16.7. The maximum atomic E-state index is 12.7. The molecule has 1 atom stereocenters. The van der Waals surface area contributed by atoms with Crippen LogP contribution in [0.4, 0.5) is 5.69 Å². The van der Waals surface area contributed by atoms with Crippen molar-refractivity contribution in [2.24, 2.45) is 5.92 Å². The Morgan fingerprint density at radius 1 is 1.11 bits per heavy atom. The average molecular weight is 382 g/mol. The molecule has 3 rings (SSSR count). The summed E-state index contributed by atoms with van der Waals surface area (Å²) in [6.07, 6.45) is 0.226. The molecule has 28 heavy (non-hydrogen) atoms. The number of ether oxygens (including phenoxy) is 2. The zero-order chi connectivity index (χ0) is 20.3. The van der Waals surface area contributed by atoms with Gasteiger partial charge in [0.2, 0.25) is 11.8 Å². The molecule has 0 bridgehead atoms. The standard InChI is InChI=1S/C22H26N2O4/c1-14-5-6-15(2)18(9-14)23-22(26)17-11-21(25)24(13-17)12-16-7-8-19(27-3)20(10-16)28-4/h5-10,17H,11-13H2,1-4H3,(H,23,26). The Labute approximate surface area is 165 Å². The molecule has 1 N–H and O–H groups in total.